The van der Waals surface area contributed by atoms with Crippen molar-refractivity contribution in [1.29, 1.82) is 0 Å². The number of rotatable bonds is 5. The Morgan fingerprint density at radius 3 is 2.53 bits per heavy atom. The molecule has 1 fully saturated rings. The lowest BCUT2D eigenvalue weighted by Gasteiger charge is -2.45. The molecule has 1 aliphatic heterocycles. The average Bonchev–Trinajstić information content (AvgIpc) is 2.19. The van der Waals surface area contributed by atoms with Gasteiger partial charge in [0.25, 0.3) is 0 Å². The fourth-order valence-electron chi connectivity index (χ4n) is 2.53. The highest BCUT2D eigenvalue weighted by Crippen LogP contribution is 2.30. The van der Waals surface area contributed by atoms with Crippen LogP contribution in [-0.2, 0) is 0 Å². The monoisotopic (exact) mass is 298 g/mol. The summed E-state index contributed by atoms with van der Waals surface area (Å²) in [7, 11) is 0. The van der Waals surface area contributed by atoms with Gasteiger partial charge in [0.05, 0.1) is 0 Å². The predicted molar refractivity (Wildman–Crippen MR) is 75.4 cm³/mol. The number of thioether (sulfide) groups is 1. The first-order chi connectivity index (χ1) is 8.59. The quantitative estimate of drug-likeness (QED) is 0.838. The largest absolute Gasteiger partial charge is 0.441 e. The normalized spacial score (nSPS) is 24.9. The Labute approximate surface area is 118 Å². The van der Waals surface area contributed by atoms with Gasteiger partial charge in [0.1, 0.15) is 0 Å². The molecule has 6 heteroatoms. The summed E-state index contributed by atoms with van der Waals surface area (Å²) in [6.45, 7) is 10.7. The van der Waals surface area contributed by atoms with Crippen molar-refractivity contribution in [3.05, 3.63) is 0 Å². The van der Waals surface area contributed by atoms with Crippen molar-refractivity contribution in [2.24, 2.45) is 5.92 Å². The average molecular weight is 298 g/mol. The minimum Gasteiger partial charge on any atom is -0.309 e. The topological polar surface area (TPSA) is 15.3 Å². The van der Waals surface area contributed by atoms with Crippen LogP contribution >= 0.6 is 11.8 Å². The minimum absolute atomic E-state index is 0.0175. The molecule has 0 aliphatic carbocycles. The number of nitrogens with zero attached hydrogens (tertiary/aromatic N) is 1. The maximum Gasteiger partial charge on any atom is 0.441 e. The second kappa shape index (κ2) is 6.68. The number of halogens is 3. The molecule has 0 aromatic carbocycles. The van der Waals surface area contributed by atoms with Gasteiger partial charge in [-0.15, -0.1) is 0 Å². The van der Waals surface area contributed by atoms with Crippen molar-refractivity contribution < 1.29 is 13.2 Å². The molecule has 0 aromatic heterocycles. The first-order valence-corrected chi connectivity index (χ1v) is 7.77. The summed E-state index contributed by atoms with van der Waals surface area (Å²) < 4.78 is 36.6. The fraction of sp³-hybridized carbons (Fsp3) is 1.00. The second-order valence-corrected chi connectivity index (χ2v) is 7.47. The maximum atomic E-state index is 12.2. The second-order valence-electron chi connectivity index (χ2n) is 6.31. The molecule has 0 amide bonds. The van der Waals surface area contributed by atoms with Crippen LogP contribution in [0, 0.1) is 5.92 Å². The van der Waals surface area contributed by atoms with Crippen molar-refractivity contribution in [3.63, 3.8) is 0 Å². The van der Waals surface area contributed by atoms with Gasteiger partial charge in [-0.1, -0.05) is 13.8 Å². The summed E-state index contributed by atoms with van der Waals surface area (Å²) in [4.78, 5) is 2.22. The van der Waals surface area contributed by atoms with E-state index in [9.17, 15) is 13.2 Å². The first kappa shape index (κ1) is 17.1. The molecule has 1 saturated heterocycles. The van der Waals surface area contributed by atoms with Gasteiger partial charge in [-0.2, -0.15) is 13.2 Å². The number of alkyl halides is 3. The third-order valence-electron chi connectivity index (χ3n) is 3.32. The van der Waals surface area contributed by atoms with E-state index >= 15 is 0 Å². The molecule has 114 valence electrons. The van der Waals surface area contributed by atoms with E-state index in [0.29, 0.717) is 18.5 Å². The molecule has 2 nitrogen and oxygen atoms in total. The van der Waals surface area contributed by atoms with Crippen LogP contribution in [0.5, 0.6) is 0 Å². The van der Waals surface area contributed by atoms with Crippen LogP contribution in [0.15, 0.2) is 0 Å². The van der Waals surface area contributed by atoms with Gasteiger partial charge in [-0.3, -0.25) is 4.90 Å². The molecular formula is C13H25F3N2S. The molecule has 0 spiro atoms. The molecule has 1 N–H and O–H groups in total. The van der Waals surface area contributed by atoms with E-state index in [1.165, 1.54) is 0 Å². The van der Waals surface area contributed by atoms with Gasteiger partial charge in [0.2, 0.25) is 0 Å². The number of hydrogen-bond acceptors (Lipinski definition) is 3. The van der Waals surface area contributed by atoms with E-state index in [1.54, 1.807) is 0 Å². The van der Waals surface area contributed by atoms with E-state index in [1.807, 2.05) is 0 Å². The van der Waals surface area contributed by atoms with Crippen molar-refractivity contribution in [2.45, 2.75) is 51.2 Å². The molecule has 1 rings (SSSR count). The fourth-order valence-corrected chi connectivity index (χ4v) is 3.09. The molecule has 0 bridgehead atoms. The van der Waals surface area contributed by atoms with E-state index in [0.717, 1.165) is 19.5 Å². The van der Waals surface area contributed by atoms with Crippen LogP contribution in [0.25, 0.3) is 0 Å². The van der Waals surface area contributed by atoms with Crippen LogP contribution in [0.4, 0.5) is 13.2 Å². The molecule has 1 atom stereocenters. The highest BCUT2D eigenvalue weighted by molar-refractivity contribution is 8.00. The van der Waals surface area contributed by atoms with Crippen molar-refractivity contribution in [1.82, 2.24) is 10.2 Å². The molecular weight excluding hydrogens is 273 g/mol. The Balaban J connectivity index is 2.51. The summed E-state index contributed by atoms with van der Waals surface area (Å²) in [6, 6.07) is 0.349. The molecule has 19 heavy (non-hydrogen) atoms. The summed E-state index contributed by atoms with van der Waals surface area (Å²) >= 11 is 0.0862. The highest BCUT2D eigenvalue weighted by Gasteiger charge is 2.34. The van der Waals surface area contributed by atoms with Crippen molar-refractivity contribution >= 4 is 11.8 Å². The Morgan fingerprint density at radius 2 is 2.00 bits per heavy atom. The highest BCUT2D eigenvalue weighted by atomic mass is 32.2. The zero-order chi connectivity index (χ0) is 14.7. The summed E-state index contributed by atoms with van der Waals surface area (Å²) in [6.07, 6.45) is 1.03. The number of piperazine rings is 1. The van der Waals surface area contributed by atoms with Crippen LogP contribution in [0.3, 0.4) is 0 Å². The SMILES string of the molecule is CC(C)CC1CNC(C)(C)CN1CCSC(F)(F)F. The molecule has 1 aliphatic rings. The third-order valence-corrected chi connectivity index (χ3v) is 4.03. The standard InChI is InChI=1S/C13H25F3N2S/c1-10(2)7-11-8-17-12(3,4)9-18(11)5-6-19-13(14,15)16/h10-11,17H,5-9H2,1-4H3. The van der Waals surface area contributed by atoms with Gasteiger partial charge in [0.15, 0.2) is 0 Å². The lowest BCUT2D eigenvalue weighted by atomic mass is 9.94. The molecule has 1 heterocycles. The molecule has 1 unspecified atom stereocenters. The lowest BCUT2D eigenvalue weighted by Crippen LogP contribution is -2.62. The summed E-state index contributed by atoms with van der Waals surface area (Å²) in [5.74, 6) is 0.680. The van der Waals surface area contributed by atoms with Crippen LogP contribution in [0.1, 0.15) is 34.1 Å². The van der Waals surface area contributed by atoms with E-state index < -0.39 is 5.51 Å². The van der Waals surface area contributed by atoms with Gasteiger partial charge in [-0.25, -0.2) is 0 Å². The van der Waals surface area contributed by atoms with Crippen LogP contribution in [-0.4, -0.2) is 47.4 Å². The smallest absolute Gasteiger partial charge is 0.309 e. The molecule has 0 radical (unpaired) electrons. The van der Waals surface area contributed by atoms with Crippen LogP contribution < -0.4 is 5.32 Å². The molecule has 0 saturated carbocycles. The van der Waals surface area contributed by atoms with Crippen molar-refractivity contribution in [3.8, 4) is 0 Å². The Hall–Kier alpha value is 0.0600. The van der Waals surface area contributed by atoms with E-state index in [4.69, 9.17) is 0 Å². The Bertz CT molecular complexity index is 280. The zero-order valence-corrected chi connectivity index (χ0v) is 13.0. The van der Waals surface area contributed by atoms with Gasteiger partial charge < -0.3 is 5.32 Å². The van der Waals surface area contributed by atoms with E-state index in [-0.39, 0.29) is 23.1 Å². The minimum atomic E-state index is -4.11. The first-order valence-electron chi connectivity index (χ1n) is 6.79. The number of hydrogen-bond donors (Lipinski definition) is 1. The van der Waals surface area contributed by atoms with Crippen LogP contribution in [0.2, 0.25) is 0 Å². The van der Waals surface area contributed by atoms with Gasteiger partial charge in [0, 0.05) is 37.0 Å². The Kier molecular flexibility index (Phi) is 6.01. The summed E-state index contributed by atoms with van der Waals surface area (Å²) in [5, 5.41) is 3.48. The summed E-state index contributed by atoms with van der Waals surface area (Å²) in [5.41, 5.74) is -4.13. The molecule has 0 aromatic rings. The van der Waals surface area contributed by atoms with Gasteiger partial charge in [-0.05, 0) is 37.9 Å². The van der Waals surface area contributed by atoms with Gasteiger partial charge >= 0.3 is 5.51 Å². The van der Waals surface area contributed by atoms with E-state index in [2.05, 4.69) is 37.9 Å². The lowest BCUT2D eigenvalue weighted by molar-refractivity contribution is -0.0330. The Morgan fingerprint density at radius 1 is 1.37 bits per heavy atom. The third kappa shape index (κ3) is 6.86. The maximum absolute atomic E-state index is 12.2. The predicted octanol–water partition coefficient (Wildman–Crippen LogP) is 3.34. The van der Waals surface area contributed by atoms with Crippen molar-refractivity contribution in [2.75, 3.05) is 25.4 Å². The number of nitrogens with one attached hydrogen (secondary N) is 1. The zero-order valence-electron chi connectivity index (χ0n) is 12.2.